The molecule has 0 aliphatic carbocycles. The van der Waals surface area contributed by atoms with E-state index in [1.165, 1.54) is 0 Å². The molecule has 2 aliphatic rings. The van der Waals surface area contributed by atoms with E-state index in [9.17, 15) is 13.2 Å². The first-order chi connectivity index (χ1) is 11.4. The number of amides is 1. The van der Waals surface area contributed by atoms with Crippen molar-refractivity contribution in [1.29, 1.82) is 0 Å². The van der Waals surface area contributed by atoms with Crippen LogP contribution in [0.15, 0.2) is 24.4 Å². The molecule has 1 aromatic rings. The molecule has 3 heterocycles. The number of piperidine rings is 1. The number of aromatic nitrogens is 1. The van der Waals surface area contributed by atoms with Crippen LogP contribution in [-0.2, 0) is 19.4 Å². The highest BCUT2D eigenvalue weighted by Gasteiger charge is 2.49. The van der Waals surface area contributed by atoms with Crippen molar-refractivity contribution in [2.45, 2.75) is 18.9 Å². The number of carbonyl (C=O) groups is 1. The van der Waals surface area contributed by atoms with Gasteiger partial charge in [-0.2, -0.15) is 0 Å². The van der Waals surface area contributed by atoms with E-state index in [1.54, 1.807) is 17.2 Å². The molecule has 7 nitrogen and oxygen atoms in total. The lowest BCUT2D eigenvalue weighted by Gasteiger charge is -2.43. The van der Waals surface area contributed by atoms with Crippen LogP contribution in [0.4, 0.5) is 0 Å². The molecule has 0 N–H and O–H groups in total. The summed E-state index contributed by atoms with van der Waals surface area (Å²) in [5.74, 6) is -0.257. The first-order valence-corrected chi connectivity index (χ1v) is 10.0. The summed E-state index contributed by atoms with van der Waals surface area (Å²) >= 11 is 0. The largest absolute Gasteiger partial charge is 0.477 e. The Balaban J connectivity index is 1.70. The fourth-order valence-electron chi connectivity index (χ4n) is 3.43. The number of hydrogen-bond donors (Lipinski definition) is 0. The van der Waals surface area contributed by atoms with Crippen LogP contribution in [0, 0.1) is 5.41 Å². The van der Waals surface area contributed by atoms with Gasteiger partial charge >= 0.3 is 0 Å². The minimum absolute atomic E-state index is 0.0310. The van der Waals surface area contributed by atoms with Crippen molar-refractivity contribution < 1.29 is 22.7 Å². The quantitative estimate of drug-likeness (QED) is 0.766. The highest BCUT2D eigenvalue weighted by Crippen LogP contribution is 2.41. The van der Waals surface area contributed by atoms with Crippen LogP contribution in [0.3, 0.4) is 0 Å². The second-order valence-corrected chi connectivity index (χ2v) is 8.74. The molecule has 0 bridgehead atoms. The van der Waals surface area contributed by atoms with Gasteiger partial charge in [0.2, 0.25) is 11.8 Å². The highest BCUT2D eigenvalue weighted by atomic mass is 32.2. The standard InChI is InChI=1S/C16H22N2O5S/c1-24(20,21)10-15(19)18-8-5-13-16(11-18,6-9-22-13)12-23-14-4-2-3-7-17-14/h2-4,7,13H,5-6,8-12H2,1H3/t13-,16+/m1/s1. The van der Waals surface area contributed by atoms with Crippen LogP contribution in [0.2, 0.25) is 0 Å². The summed E-state index contributed by atoms with van der Waals surface area (Å²) in [6.45, 7) is 2.00. The van der Waals surface area contributed by atoms with Gasteiger partial charge in [0.1, 0.15) is 5.75 Å². The molecule has 0 radical (unpaired) electrons. The summed E-state index contributed by atoms with van der Waals surface area (Å²) < 4.78 is 34.4. The first kappa shape index (κ1) is 17.2. The van der Waals surface area contributed by atoms with Gasteiger partial charge in [0.15, 0.2) is 9.84 Å². The lowest BCUT2D eigenvalue weighted by Crippen LogP contribution is -2.55. The number of likely N-dealkylation sites (tertiary alicyclic amines) is 1. The van der Waals surface area contributed by atoms with E-state index in [1.807, 2.05) is 12.1 Å². The van der Waals surface area contributed by atoms with Gasteiger partial charge in [0.25, 0.3) is 0 Å². The Kier molecular flexibility index (Phi) is 4.78. The molecule has 132 valence electrons. The molecule has 2 fully saturated rings. The molecule has 0 saturated carbocycles. The Morgan fingerprint density at radius 3 is 3.04 bits per heavy atom. The van der Waals surface area contributed by atoms with Crippen molar-refractivity contribution >= 4 is 15.7 Å². The molecule has 0 aromatic carbocycles. The summed E-state index contributed by atoms with van der Waals surface area (Å²) in [4.78, 5) is 18.1. The predicted molar refractivity (Wildman–Crippen MR) is 87.4 cm³/mol. The zero-order chi connectivity index (χ0) is 17.2. The molecular formula is C16H22N2O5S. The predicted octanol–water partition coefficient (Wildman–Crippen LogP) is 0.513. The summed E-state index contributed by atoms with van der Waals surface area (Å²) in [6, 6.07) is 5.46. The van der Waals surface area contributed by atoms with Crippen molar-refractivity contribution in [2.75, 3.05) is 38.3 Å². The smallest absolute Gasteiger partial charge is 0.237 e. The molecule has 3 rings (SSSR count). The molecule has 1 aromatic heterocycles. The van der Waals surface area contributed by atoms with Crippen molar-refractivity contribution in [3.63, 3.8) is 0 Å². The fourth-order valence-corrected chi connectivity index (χ4v) is 4.07. The second kappa shape index (κ2) is 6.68. The maximum atomic E-state index is 12.3. The number of nitrogens with zero attached hydrogens (tertiary/aromatic N) is 2. The molecule has 8 heteroatoms. The third kappa shape index (κ3) is 3.87. The van der Waals surface area contributed by atoms with E-state index < -0.39 is 15.6 Å². The number of ether oxygens (including phenoxy) is 2. The van der Waals surface area contributed by atoms with E-state index in [-0.39, 0.29) is 17.4 Å². The molecule has 0 spiro atoms. The van der Waals surface area contributed by atoms with Crippen LogP contribution in [0.25, 0.3) is 0 Å². The Bertz CT molecular complexity index is 694. The van der Waals surface area contributed by atoms with Crippen molar-refractivity contribution in [3.05, 3.63) is 24.4 Å². The van der Waals surface area contributed by atoms with Crippen LogP contribution in [0.5, 0.6) is 5.88 Å². The lowest BCUT2D eigenvalue weighted by molar-refractivity contribution is -0.135. The number of fused-ring (bicyclic) bond motifs is 1. The molecule has 2 atom stereocenters. The molecule has 2 aliphatic heterocycles. The van der Waals surface area contributed by atoms with Crippen LogP contribution in [-0.4, -0.2) is 68.6 Å². The summed E-state index contributed by atoms with van der Waals surface area (Å²) in [5.41, 5.74) is -0.303. The van der Waals surface area contributed by atoms with Crippen LogP contribution >= 0.6 is 0 Å². The Labute approximate surface area is 141 Å². The van der Waals surface area contributed by atoms with Gasteiger partial charge in [-0.3, -0.25) is 4.79 Å². The maximum Gasteiger partial charge on any atom is 0.237 e. The van der Waals surface area contributed by atoms with Gasteiger partial charge in [0.05, 0.1) is 18.1 Å². The van der Waals surface area contributed by atoms with Gasteiger partial charge in [-0.25, -0.2) is 13.4 Å². The van der Waals surface area contributed by atoms with E-state index in [2.05, 4.69) is 4.98 Å². The Morgan fingerprint density at radius 2 is 2.33 bits per heavy atom. The Morgan fingerprint density at radius 1 is 1.50 bits per heavy atom. The van der Waals surface area contributed by atoms with Gasteiger partial charge in [-0.05, 0) is 18.9 Å². The SMILES string of the molecule is CS(=O)(=O)CC(=O)N1CC[C@H]2OCC[C@@]2(COc2ccccn2)C1. The number of sulfone groups is 1. The van der Waals surface area contributed by atoms with Gasteiger partial charge < -0.3 is 14.4 Å². The molecule has 24 heavy (non-hydrogen) atoms. The molecule has 0 unspecified atom stereocenters. The average molecular weight is 354 g/mol. The zero-order valence-electron chi connectivity index (χ0n) is 13.7. The summed E-state index contributed by atoms with van der Waals surface area (Å²) in [5, 5.41) is 0. The average Bonchev–Trinajstić information content (AvgIpc) is 2.95. The fraction of sp³-hybridized carbons (Fsp3) is 0.625. The Hall–Kier alpha value is -1.67. The minimum atomic E-state index is -3.33. The number of rotatable bonds is 5. The molecule has 1 amide bonds. The van der Waals surface area contributed by atoms with Crippen molar-refractivity contribution in [1.82, 2.24) is 9.88 Å². The van der Waals surface area contributed by atoms with Gasteiger partial charge in [0, 0.05) is 38.2 Å². The number of hydrogen-bond acceptors (Lipinski definition) is 6. The monoisotopic (exact) mass is 354 g/mol. The van der Waals surface area contributed by atoms with E-state index in [0.29, 0.717) is 38.6 Å². The maximum absolute atomic E-state index is 12.3. The van der Waals surface area contributed by atoms with Crippen LogP contribution in [0.1, 0.15) is 12.8 Å². The number of pyridine rings is 1. The summed E-state index contributed by atoms with van der Waals surface area (Å²) in [7, 11) is -3.33. The first-order valence-electron chi connectivity index (χ1n) is 7.99. The van der Waals surface area contributed by atoms with E-state index in [0.717, 1.165) is 12.7 Å². The van der Waals surface area contributed by atoms with Crippen molar-refractivity contribution in [3.8, 4) is 5.88 Å². The van der Waals surface area contributed by atoms with E-state index in [4.69, 9.17) is 9.47 Å². The van der Waals surface area contributed by atoms with Crippen LogP contribution < -0.4 is 4.74 Å². The zero-order valence-corrected chi connectivity index (χ0v) is 14.5. The third-order valence-corrected chi connectivity index (χ3v) is 5.42. The normalized spacial score (nSPS) is 26.9. The topological polar surface area (TPSA) is 85.8 Å². The minimum Gasteiger partial charge on any atom is -0.477 e. The third-order valence-electron chi connectivity index (χ3n) is 4.65. The molecular weight excluding hydrogens is 332 g/mol. The van der Waals surface area contributed by atoms with E-state index >= 15 is 0 Å². The number of carbonyl (C=O) groups excluding carboxylic acids is 1. The highest BCUT2D eigenvalue weighted by molar-refractivity contribution is 7.91. The lowest BCUT2D eigenvalue weighted by atomic mass is 9.77. The van der Waals surface area contributed by atoms with Crippen molar-refractivity contribution in [2.24, 2.45) is 5.41 Å². The van der Waals surface area contributed by atoms with Gasteiger partial charge in [-0.1, -0.05) is 6.07 Å². The van der Waals surface area contributed by atoms with Gasteiger partial charge in [-0.15, -0.1) is 0 Å². The second-order valence-electron chi connectivity index (χ2n) is 6.60. The molecule has 2 saturated heterocycles. The summed E-state index contributed by atoms with van der Waals surface area (Å²) in [6.07, 6.45) is 4.26.